The predicted molar refractivity (Wildman–Crippen MR) is 61.0 cm³/mol. The van der Waals surface area contributed by atoms with E-state index in [9.17, 15) is 9.59 Å². The fourth-order valence-electron chi connectivity index (χ4n) is 1.90. The molecule has 0 aromatic rings. The molecule has 0 aromatic heterocycles. The lowest BCUT2D eigenvalue weighted by atomic mass is 10.0. The van der Waals surface area contributed by atoms with Crippen LogP contribution in [0.25, 0.3) is 0 Å². The molecule has 1 amide bonds. The van der Waals surface area contributed by atoms with Gasteiger partial charge in [-0.1, -0.05) is 25.5 Å². The Morgan fingerprint density at radius 3 is 2.81 bits per heavy atom. The minimum Gasteiger partial charge on any atom is -0.480 e. The molecule has 4 nitrogen and oxygen atoms in total. The van der Waals surface area contributed by atoms with Crippen molar-refractivity contribution < 1.29 is 14.7 Å². The van der Waals surface area contributed by atoms with Crippen LogP contribution in [0.3, 0.4) is 0 Å². The highest BCUT2D eigenvalue weighted by atomic mass is 16.4. The monoisotopic (exact) mass is 225 g/mol. The number of amides is 1. The number of carbonyl (C=O) groups is 2. The minimum atomic E-state index is -0.947. The van der Waals surface area contributed by atoms with Gasteiger partial charge < -0.3 is 10.4 Å². The van der Waals surface area contributed by atoms with Crippen LogP contribution in [0.4, 0.5) is 0 Å². The van der Waals surface area contributed by atoms with Crippen LogP contribution in [-0.4, -0.2) is 23.0 Å². The van der Waals surface area contributed by atoms with Gasteiger partial charge in [0.05, 0.1) is 0 Å². The molecule has 0 saturated heterocycles. The minimum absolute atomic E-state index is 0.155. The summed E-state index contributed by atoms with van der Waals surface area (Å²) in [7, 11) is 0. The first-order valence-electron chi connectivity index (χ1n) is 5.82. The predicted octanol–water partition coefficient (Wildman–Crippen LogP) is 1.71. The number of carbonyl (C=O) groups excluding carboxylic acids is 1. The SMILES string of the molecule is CCC[C@@H](NC(=O)CC1C=CCC1)C(=O)O. The molecule has 2 N–H and O–H groups in total. The first-order chi connectivity index (χ1) is 7.63. The van der Waals surface area contributed by atoms with Crippen LogP contribution >= 0.6 is 0 Å². The molecule has 1 rings (SSSR count). The van der Waals surface area contributed by atoms with E-state index < -0.39 is 12.0 Å². The average molecular weight is 225 g/mol. The van der Waals surface area contributed by atoms with Gasteiger partial charge in [0, 0.05) is 6.42 Å². The second kappa shape index (κ2) is 6.30. The Morgan fingerprint density at radius 2 is 2.31 bits per heavy atom. The number of hydrogen-bond acceptors (Lipinski definition) is 2. The van der Waals surface area contributed by atoms with Crippen molar-refractivity contribution in [2.75, 3.05) is 0 Å². The van der Waals surface area contributed by atoms with E-state index in [1.54, 1.807) is 0 Å². The number of nitrogens with one attached hydrogen (secondary N) is 1. The second-order valence-electron chi connectivity index (χ2n) is 4.22. The molecule has 0 fully saturated rings. The van der Waals surface area contributed by atoms with Gasteiger partial charge in [0.25, 0.3) is 0 Å². The molecule has 0 aromatic carbocycles. The van der Waals surface area contributed by atoms with Crippen molar-refractivity contribution in [1.82, 2.24) is 5.32 Å². The molecule has 1 unspecified atom stereocenters. The number of hydrogen-bond donors (Lipinski definition) is 2. The van der Waals surface area contributed by atoms with Crippen molar-refractivity contribution >= 4 is 11.9 Å². The lowest BCUT2D eigenvalue weighted by molar-refractivity contribution is -0.142. The summed E-state index contributed by atoms with van der Waals surface area (Å²) in [4.78, 5) is 22.4. The highest BCUT2D eigenvalue weighted by molar-refractivity contribution is 5.83. The van der Waals surface area contributed by atoms with Crippen LogP contribution in [0.5, 0.6) is 0 Å². The fraction of sp³-hybridized carbons (Fsp3) is 0.667. The van der Waals surface area contributed by atoms with Crippen LogP contribution in [-0.2, 0) is 9.59 Å². The van der Waals surface area contributed by atoms with Gasteiger partial charge in [-0.15, -0.1) is 0 Å². The van der Waals surface area contributed by atoms with Crippen molar-refractivity contribution in [3.05, 3.63) is 12.2 Å². The topological polar surface area (TPSA) is 66.4 Å². The van der Waals surface area contributed by atoms with E-state index in [-0.39, 0.29) is 11.8 Å². The van der Waals surface area contributed by atoms with Gasteiger partial charge in [0.15, 0.2) is 0 Å². The van der Waals surface area contributed by atoms with Gasteiger partial charge in [0.2, 0.25) is 5.91 Å². The van der Waals surface area contributed by atoms with E-state index >= 15 is 0 Å². The third-order valence-corrected chi connectivity index (χ3v) is 2.77. The summed E-state index contributed by atoms with van der Waals surface area (Å²) in [5.74, 6) is -0.814. The molecule has 0 saturated carbocycles. The molecular weight excluding hydrogens is 206 g/mol. The van der Waals surface area contributed by atoms with E-state index in [0.717, 1.165) is 19.3 Å². The number of rotatable bonds is 6. The summed E-state index contributed by atoms with van der Waals surface area (Å²) in [5, 5.41) is 11.5. The van der Waals surface area contributed by atoms with Crippen LogP contribution < -0.4 is 5.32 Å². The Morgan fingerprint density at radius 1 is 1.56 bits per heavy atom. The van der Waals surface area contributed by atoms with Gasteiger partial charge in [-0.05, 0) is 25.2 Å². The summed E-state index contributed by atoms with van der Waals surface area (Å²) >= 11 is 0. The van der Waals surface area contributed by atoms with Gasteiger partial charge in [-0.25, -0.2) is 4.79 Å². The Labute approximate surface area is 95.7 Å². The summed E-state index contributed by atoms with van der Waals surface area (Å²) in [6.07, 6.45) is 7.77. The molecule has 0 bridgehead atoms. The van der Waals surface area contributed by atoms with E-state index in [2.05, 4.69) is 11.4 Å². The lowest BCUT2D eigenvalue weighted by Crippen LogP contribution is -2.41. The third-order valence-electron chi connectivity index (χ3n) is 2.77. The molecule has 1 aliphatic rings. The largest absolute Gasteiger partial charge is 0.480 e. The summed E-state index contributed by atoms with van der Waals surface area (Å²) in [6, 6.07) is -0.733. The molecule has 1 aliphatic carbocycles. The maximum Gasteiger partial charge on any atom is 0.326 e. The smallest absolute Gasteiger partial charge is 0.326 e. The standard InChI is InChI=1S/C12H19NO3/c1-2-5-10(12(15)16)13-11(14)8-9-6-3-4-7-9/h3,6,9-10H,2,4-5,7-8H2,1H3,(H,13,14)(H,15,16)/t9?,10-/m1/s1. The van der Waals surface area contributed by atoms with Crippen LogP contribution in [0.2, 0.25) is 0 Å². The van der Waals surface area contributed by atoms with Gasteiger partial charge in [-0.3, -0.25) is 4.79 Å². The van der Waals surface area contributed by atoms with Crippen molar-refractivity contribution in [3.63, 3.8) is 0 Å². The Balaban J connectivity index is 2.35. The average Bonchev–Trinajstić information content (AvgIpc) is 2.69. The van der Waals surface area contributed by atoms with E-state index in [0.29, 0.717) is 12.8 Å². The zero-order valence-electron chi connectivity index (χ0n) is 9.61. The molecule has 0 heterocycles. The highest BCUT2D eigenvalue weighted by Crippen LogP contribution is 2.20. The summed E-state index contributed by atoms with van der Waals surface area (Å²) < 4.78 is 0. The molecule has 0 spiro atoms. The normalized spacial score (nSPS) is 20.7. The van der Waals surface area contributed by atoms with Crippen LogP contribution in [0.1, 0.15) is 39.0 Å². The fourth-order valence-corrected chi connectivity index (χ4v) is 1.90. The van der Waals surface area contributed by atoms with Gasteiger partial charge in [-0.2, -0.15) is 0 Å². The molecule has 4 heteroatoms. The quantitative estimate of drug-likeness (QED) is 0.676. The number of carboxylic acid groups (broad SMARTS) is 1. The Kier molecular flexibility index (Phi) is 5.02. The van der Waals surface area contributed by atoms with Crippen molar-refractivity contribution in [1.29, 1.82) is 0 Å². The molecule has 2 atom stereocenters. The maximum absolute atomic E-state index is 11.6. The zero-order valence-corrected chi connectivity index (χ0v) is 9.61. The zero-order chi connectivity index (χ0) is 12.0. The van der Waals surface area contributed by atoms with E-state index in [4.69, 9.17) is 5.11 Å². The first-order valence-corrected chi connectivity index (χ1v) is 5.82. The van der Waals surface area contributed by atoms with Crippen molar-refractivity contribution in [2.24, 2.45) is 5.92 Å². The number of aliphatic carboxylic acids is 1. The summed E-state index contributed by atoms with van der Waals surface area (Å²) in [6.45, 7) is 1.90. The number of allylic oxidation sites excluding steroid dienone is 2. The molecule has 90 valence electrons. The third kappa shape index (κ3) is 4.04. The van der Waals surface area contributed by atoms with Crippen molar-refractivity contribution in [2.45, 2.75) is 45.1 Å². The maximum atomic E-state index is 11.6. The molecule has 16 heavy (non-hydrogen) atoms. The van der Waals surface area contributed by atoms with Gasteiger partial charge in [0.1, 0.15) is 6.04 Å². The molecule has 0 aliphatic heterocycles. The Bertz CT molecular complexity index is 286. The van der Waals surface area contributed by atoms with Crippen molar-refractivity contribution in [3.8, 4) is 0 Å². The molecule has 0 radical (unpaired) electrons. The highest BCUT2D eigenvalue weighted by Gasteiger charge is 2.20. The van der Waals surface area contributed by atoms with Crippen LogP contribution in [0, 0.1) is 5.92 Å². The Hall–Kier alpha value is -1.32. The second-order valence-corrected chi connectivity index (χ2v) is 4.22. The lowest BCUT2D eigenvalue weighted by Gasteiger charge is -2.14. The summed E-state index contributed by atoms with van der Waals surface area (Å²) in [5.41, 5.74) is 0. The van der Waals surface area contributed by atoms with E-state index in [1.807, 2.05) is 13.0 Å². The van der Waals surface area contributed by atoms with Gasteiger partial charge >= 0.3 is 5.97 Å². The number of carboxylic acids is 1. The van der Waals surface area contributed by atoms with Crippen LogP contribution in [0.15, 0.2) is 12.2 Å². The van der Waals surface area contributed by atoms with E-state index in [1.165, 1.54) is 0 Å². The molecular formula is C12H19NO3. The first kappa shape index (κ1) is 12.7.